The number of thioether (sulfide) groups is 1. The molecular weight excluding hydrogens is 478 g/mol. The van der Waals surface area contributed by atoms with Crippen LogP contribution < -0.4 is 16.0 Å². The van der Waals surface area contributed by atoms with Gasteiger partial charge in [0.05, 0.1) is 11.1 Å². The average Bonchev–Trinajstić information content (AvgIpc) is 3.34. The molecule has 0 bridgehead atoms. The lowest BCUT2D eigenvalue weighted by molar-refractivity contribution is -0.120. The first-order valence-electron chi connectivity index (χ1n) is 10.9. The minimum absolute atomic E-state index is 0.0914. The van der Waals surface area contributed by atoms with E-state index in [0.717, 1.165) is 23.3 Å². The highest BCUT2D eigenvalue weighted by Gasteiger charge is 2.41. The topological polar surface area (TPSA) is 141 Å². The van der Waals surface area contributed by atoms with Gasteiger partial charge in [-0.2, -0.15) is 0 Å². The molecule has 2 heterocycles. The second-order valence-corrected chi connectivity index (χ2v) is 10.1. The summed E-state index contributed by atoms with van der Waals surface area (Å²) in [4.78, 5) is 53.9. The summed E-state index contributed by atoms with van der Waals surface area (Å²) in [7, 11) is 1.53. The van der Waals surface area contributed by atoms with Gasteiger partial charge in [-0.3, -0.25) is 19.3 Å². The summed E-state index contributed by atoms with van der Waals surface area (Å²) >= 11 is 2.58. The van der Waals surface area contributed by atoms with E-state index in [-0.39, 0.29) is 18.2 Å². The molecule has 0 spiro atoms. The third kappa shape index (κ3) is 5.68. The smallest absolute Gasteiger partial charge is 0.408 e. The molecule has 1 saturated carbocycles. The Labute approximate surface area is 204 Å². The zero-order chi connectivity index (χ0) is 24.2. The van der Waals surface area contributed by atoms with Crippen molar-refractivity contribution in [3.05, 3.63) is 35.2 Å². The van der Waals surface area contributed by atoms with Crippen molar-refractivity contribution in [3.8, 4) is 11.3 Å². The Morgan fingerprint density at radius 2 is 1.91 bits per heavy atom. The maximum absolute atomic E-state index is 12.8. The second-order valence-electron chi connectivity index (χ2n) is 8.06. The number of benzene rings is 1. The molecule has 34 heavy (non-hydrogen) atoms. The molecule has 2 unspecified atom stereocenters. The largest absolute Gasteiger partial charge is 0.465 e. The zero-order valence-corrected chi connectivity index (χ0v) is 20.1. The monoisotopic (exact) mass is 503 g/mol. The van der Waals surface area contributed by atoms with Crippen molar-refractivity contribution in [1.29, 1.82) is 0 Å². The first-order chi connectivity index (χ1) is 16.4. The van der Waals surface area contributed by atoms with Crippen molar-refractivity contribution in [1.82, 2.24) is 20.5 Å². The number of carbonyl (C=O) groups is 4. The lowest BCUT2D eigenvalue weighted by Crippen LogP contribution is -2.47. The van der Waals surface area contributed by atoms with Crippen molar-refractivity contribution >= 4 is 52.0 Å². The van der Waals surface area contributed by atoms with Crippen LogP contribution in [0.5, 0.6) is 0 Å². The Morgan fingerprint density at radius 1 is 1.18 bits per heavy atom. The first kappa shape index (κ1) is 24.0. The van der Waals surface area contributed by atoms with E-state index in [1.807, 2.05) is 0 Å². The Morgan fingerprint density at radius 3 is 2.56 bits per heavy atom. The van der Waals surface area contributed by atoms with Crippen molar-refractivity contribution < 1.29 is 24.3 Å². The number of carboxylic acid groups (broad SMARTS) is 1. The molecule has 2 atom stereocenters. The van der Waals surface area contributed by atoms with Crippen LogP contribution in [-0.2, 0) is 9.59 Å². The van der Waals surface area contributed by atoms with Crippen molar-refractivity contribution in [2.45, 2.75) is 43.1 Å². The van der Waals surface area contributed by atoms with Gasteiger partial charge in [0.1, 0.15) is 6.04 Å². The fourth-order valence-corrected chi connectivity index (χ4v) is 5.69. The standard InChI is InChI=1S/C22H25N5O5S2/c1-23-17(28)8-9-18-27(22(31)32)16(11-33-18)20(30)26-21-25-15(10-34-21)12-2-4-13(5-3-12)19(29)24-14-6-7-14/h2-5,10,14,16,18H,6-9,11H2,1H3,(H,23,28)(H,24,29)(H,31,32)(H,25,26,30). The van der Waals surface area contributed by atoms with Crippen LogP contribution in [0.4, 0.5) is 9.93 Å². The lowest BCUT2D eigenvalue weighted by atomic mass is 10.1. The number of hydrogen-bond acceptors (Lipinski definition) is 7. The van der Waals surface area contributed by atoms with E-state index >= 15 is 0 Å². The van der Waals surface area contributed by atoms with Gasteiger partial charge in [-0.15, -0.1) is 23.1 Å². The molecule has 4 N–H and O–H groups in total. The molecule has 1 aromatic heterocycles. The number of aromatic nitrogens is 1. The molecule has 2 fully saturated rings. The normalized spacial score (nSPS) is 19.5. The van der Waals surface area contributed by atoms with Gasteiger partial charge in [0, 0.05) is 41.8 Å². The maximum atomic E-state index is 12.8. The van der Waals surface area contributed by atoms with Crippen LogP contribution >= 0.6 is 23.1 Å². The first-order valence-corrected chi connectivity index (χ1v) is 12.8. The summed E-state index contributed by atoms with van der Waals surface area (Å²) in [5.41, 5.74) is 2.03. The van der Waals surface area contributed by atoms with Crippen molar-refractivity contribution in [2.24, 2.45) is 0 Å². The van der Waals surface area contributed by atoms with Crippen LogP contribution in [0.2, 0.25) is 0 Å². The van der Waals surface area contributed by atoms with E-state index < -0.39 is 23.4 Å². The van der Waals surface area contributed by atoms with Gasteiger partial charge in [0.15, 0.2) is 5.13 Å². The average molecular weight is 504 g/mol. The molecule has 12 heteroatoms. The summed E-state index contributed by atoms with van der Waals surface area (Å²) in [6.07, 6.45) is 1.37. The Kier molecular flexibility index (Phi) is 7.37. The fourth-order valence-electron chi connectivity index (χ4n) is 3.57. The number of rotatable bonds is 8. The van der Waals surface area contributed by atoms with Gasteiger partial charge >= 0.3 is 6.09 Å². The number of hydrogen-bond donors (Lipinski definition) is 4. The van der Waals surface area contributed by atoms with Crippen LogP contribution in [0.1, 0.15) is 36.0 Å². The van der Waals surface area contributed by atoms with Gasteiger partial charge in [-0.1, -0.05) is 12.1 Å². The van der Waals surface area contributed by atoms with E-state index in [9.17, 15) is 24.3 Å². The van der Waals surface area contributed by atoms with Gasteiger partial charge in [0.2, 0.25) is 11.8 Å². The highest BCUT2D eigenvalue weighted by atomic mass is 32.2. The molecule has 180 valence electrons. The minimum Gasteiger partial charge on any atom is -0.465 e. The molecule has 1 aromatic carbocycles. The van der Waals surface area contributed by atoms with E-state index in [2.05, 4.69) is 20.9 Å². The molecule has 10 nitrogen and oxygen atoms in total. The summed E-state index contributed by atoms with van der Waals surface area (Å²) in [5, 5.41) is 19.5. The Balaban J connectivity index is 1.37. The molecule has 4 amide bonds. The highest BCUT2D eigenvalue weighted by Crippen LogP contribution is 2.33. The van der Waals surface area contributed by atoms with Crippen LogP contribution in [-0.4, -0.2) is 69.1 Å². The number of amides is 4. The quantitative estimate of drug-likeness (QED) is 0.434. The van der Waals surface area contributed by atoms with Gasteiger partial charge in [-0.05, 0) is 31.4 Å². The van der Waals surface area contributed by atoms with E-state index in [4.69, 9.17) is 0 Å². The molecule has 0 radical (unpaired) electrons. The molecule has 1 aliphatic heterocycles. The second kappa shape index (κ2) is 10.4. The number of carbonyl (C=O) groups excluding carboxylic acids is 3. The third-order valence-electron chi connectivity index (χ3n) is 5.60. The molecule has 1 aliphatic carbocycles. The van der Waals surface area contributed by atoms with E-state index in [1.54, 1.807) is 29.6 Å². The predicted octanol–water partition coefficient (Wildman–Crippen LogP) is 2.59. The van der Waals surface area contributed by atoms with E-state index in [0.29, 0.717) is 34.6 Å². The van der Waals surface area contributed by atoms with Crippen LogP contribution in [0, 0.1) is 0 Å². The van der Waals surface area contributed by atoms with Gasteiger partial charge in [0.25, 0.3) is 5.91 Å². The predicted molar refractivity (Wildman–Crippen MR) is 130 cm³/mol. The van der Waals surface area contributed by atoms with Crippen LogP contribution in [0.25, 0.3) is 11.3 Å². The molecular formula is C22H25N5O5S2. The Bertz CT molecular complexity index is 1090. The molecule has 2 aromatic rings. The number of thiazole rings is 1. The highest BCUT2D eigenvalue weighted by molar-refractivity contribution is 8.00. The summed E-state index contributed by atoms with van der Waals surface area (Å²) in [6.45, 7) is 0. The van der Waals surface area contributed by atoms with Crippen LogP contribution in [0.3, 0.4) is 0 Å². The molecule has 2 aliphatic rings. The number of anilines is 1. The summed E-state index contributed by atoms with van der Waals surface area (Å²) < 4.78 is 0. The number of nitrogens with zero attached hydrogens (tertiary/aromatic N) is 2. The number of nitrogens with one attached hydrogen (secondary N) is 3. The van der Waals surface area contributed by atoms with E-state index in [1.165, 1.54) is 30.1 Å². The maximum Gasteiger partial charge on any atom is 0.408 e. The summed E-state index contributed by atoms with van der Waals surface area (Å²) in [6, 6.07) is 6.51. The van der Waals surface area contributed by atoms with Crippen LogP contribution in [0.15, 0.2) is 29.6 Å². The minimum atomic E-state index is -1.20. The lowest BCUT2D eigenvalue weighted by Gasteiger charge is -2.25. The molecule has 1 saturated heterocycles. The van der Waals surface area contributed by atoms with Gasteiger partial charge < -0.3 is 21.1 Å². The van der Waals surface area contributed by atoms with Gasteiger partial charge in [-0.25, -0.2) is 9.78 Å². The Hall–Kier alpha value is -3.12. The third-order valence-corrected chi connectivity index (χ3v) is 7.72. The van der Waals surface area contributed by atoms with Crippen molar-refractivity contribution in [2.75, 3.05) is 18.1 Å². The van der Waals surface area contributed by atoms with Crippen molar-refractivity contribution in [3.63, 3.8) is 0 Å². The SMILES string of the molecule is CNC(=O)CCC1SCC(C(=O)Nc2nc(-c3ccc(C(=O)NC4CC4)cc3)cs2)N1C(=O)O. The molecule has 4 rings (SSSR count). The fraction of sp³-hybridized carbons (Fsp3) is 0.409. The summed E-state index contributed by atoms with van der Waals surface area (Å²) in [5.74, 6) is -0.415. The zero-order valence-electron chi connectivity index (χ0n) is 18.4.